The Hall–Kier alpha value is -0.760. The first-order chi connectivity index (χ1) is 27.4. The second kappa shape index (κ2) is 43.8. The van der Waals surface area contributed by atoms with Crippen molar-refractivity contribution < 1.29 is 28.4 Å². The number of hydrogen-bond donors (Lipinski definition) is 4. The molecule has 0 fully saturated rings. The summed E-state index contributed by atoms with van der Waals surface area (Å²) in [4.78, 5) is 22.8. The monoisotopic (exact) mass is 815 g/mol. The molecule has 5 N–H and O–H groups in total. The Labute approximate surface area is 347 Å². The zero-order chi connectivity index (χ0) is 41.1. The van der Waals surface area contributed by atoms with Crippen LogP contribution in [0.1, 0.15) is 251 Å². The Bertz CT molecular complexity index is 891. The number of aliphatic hydroxyl groups is 1. The van der Waals surface area contributed by atoms with Gasteiger partial charge in [0.1, 0.15) is 0 Å². The third-order valence-corrected chi connectivity index (χ3v) is 12.1. The fraction of sp³-hybridized carbons (Fsp3) is 0.936. The van der Waals surface area contributed by atoms with E-state index in [2.05, 4.69) is 19.2 Å². The van der Waals surface area contributed by atoms with Gasteiger partial charge in [-0.1, -0.05) is 238 Å². The highest BCUT2D eigenvalue weighted by Crippen LogP contribution is 2.43. The molecule has 0 rings (SSSR count). The predicted octanol–water partition coefficient (Wildman–Crippen LogP) is 14.0. The lowest BCUT2D eigenvalue weighted by atomic mass is 10.0. The van der Waals surface area contributed by atoms with Crippen molar-refractivity contribution in [2.24, 2.45) is 5.73 Å². The van der Waals surface area contributed by atoms with E-state index in [4.69, 9.17) is 14.8 Å². The van der Waals surface area contributed by atoms with E-state index in [1.165, 1.54) is 193 Å². The molecule has 3 atom stereocenters. The molecule has 0 aliphatic heterocycles. The zero-order valence-electron chi connectivity index (χ0n) is 37.1. The minimum absolute atomic E-state index is 0.0816. The normalized spacial score (nSPS) is 14.0. The molecule has 0 bridgehead atoms. The molecule has 9 heteroatoms. The second-order valence-corrected chi connectivity index (χ2v) is 18.1. The van der Waals surface area contributed by atoms with Crippen molar-refractivity contribution in [3.05, 3.63) is 12.2 Å². The maximum Gasteiger partial charge on any atom is 0.472 e. The van der Waals surface area contributed by atoms with E-state index in [1.54, 1.807) is 6.08 Å². The second-order valence-electron chi connectivity index (χ2n) is 16.7. The summed E-state index contributed by atoms with van der Waals surface area (Å²) in [7, 11) is -4.34. The smallest absolute Gasteiger partial charge is 0.387 e. The van der Waals surface area contributed by atoms with Crippen molar-refractivity contribution in [2.75, 3.05) is 19.8 Å². The first kappa shape index (κ1) is 55.2. The standard InChI is InChI=1S/C47H95N2O6P/c1-3-5-7-9-11-13-15-17-19-21-23-25-27-29-31-33-35-37-39-41-47(51)49-45(44-55-56(52,53)54-43-42-48)46(50)40-38-36-34-32-30-28-26-24-22-20-18-16-14-12-10-8-6-4-2/h38,40,45-46,50H,3-37,39,41-44,48H2,1-2H3,(H,49,51)(H,52,53)/b40-38+. The molecular weight excluding hydrogens is 719 g/mol. The molecule has 3 unspecified atom stereocenters. The van der Waals surface area contributed by atoms with Gasteiger partial charge in [-0.05, 0) is 19.3 Å². The lowest BCUT2D eigenvalue weighted by Gasteiger charge is -2.23. The fourth-order valence-electron chi connectivity index (χ4n) is 7.43. The Morgan fingerprint density at radius 1 is 0.571 bits per heavy atom. The summed E-state index contributed by atoms with van der Waals surface area (Å²) in [6.07, 6.45) is 49.8. The average Bonchev–Trinajstić information content (AvgIpc) is 3.19. The van der Waals surface area contributed by atoms with E-state index >= 15 is 0 Å². The van der Waals surface area contributed by atoms with Crippen LogP contribution in [0.5, 0.6) is 0 Å². The molecule has 56 heavy (non-hydrogen) atoms. The maximum absolute atomic E-state index is 12.8. The van der Waals surface area contributed by atoms with Gasteiger partial charge in [0.05, 0.1) is 25.4 Å². The van der Waals surface area contributed by atoms with Crippen molar-refractivity contribution in [2.45, 2.75) is 264 Å². The molecule has 0 spiro atoms. The topological polar surface area (TPSA) is 131 Å². The summed E-state index contributed by atoms with van der Waals surface area (Å²) in [6, 6.07) is -0.855. The van der Waals surface area contributed by atoms with Crippen molar-refractivity contribution >= 4 is 13.7 Å². The Morgan fingerprint density at radius 3 is 1.27 bits per heavy atom. The van der Waals surface area contributed by atoms with Gasteiger partial charge in [0.15, 0.2) is 0 Å². The first-order valence-electron chi connectivity index (χ1n) is 24.3. The number of unbranched alkanes of at least 4 members (excludes halogenated alkanes) is 34. The molecule has 0 heterocycles. The number of hydrogen-bond acceptors (Lipinski definition) is 6. The third-order valence-electron chi connectivity index (χ3n) is 11.1. The third kappa shape index (κ3) is 41.4. The number of nitrogens with one attached hydrogen (secondary N) is 1. The highest BCUT2D eigenvalue weighted by Gasteiger charge is 2.26. The summed E-state index contributed by atoms with van der Waals surface area (Å²) in [6.45, 7) is 4.18. The SMILES string of the molecule is CCCCCCCCCCCCCCCCCC/C=C/C(O)C(COP(=O)(O)OCCN)NC(=O)CCCCCCCCCCCCCCCCCCCCC. The number of amides is 1. The number of rotatable bonds is 46. The number of aliphatic hydroxyl groups excluding tert-OH is 1. The minimum atomic E-state index is -4.34. The van der Waals surface area contributed by atoms with Crippen LogP contribution in [0.2, 0.25) is 0 Å². The number of nitrogens with two attached hydrogens (primary N) is 1. The zero-order valence-corrected chi connectivity index (χ0v) is 38.0. The van der Waals surface area contributed by atoms with Crippen molar-refractivity contribution in [3.63, 3.8) is 0 Å². The molecule has 0 aliphatic carbocycles. The van der Waals surface area contributed by atoms with Crippen molar-refractivity contribution in [1.29, 1.82) is 0 Å². The quantitative estimate of drug-likeness (QED) is 0.0273. The lowest BCUT2D eigenvalue weighted by Crippen LogP contribution is -2.45. The minimum Gasteiger partial charge on any atom is -0.387 e. The van der Waals surface area contributed by atoms with Gasteiger partial charge in [0.2, 0.25) is 5.91 Å². The number of carbonyl (C=O) groups excluding carboxylic acids is 1. The molecular formula is C47H95N2O6P. The van der Waals surface area contributed by atoms with Gasteiger partial charge in [0.25, 0.3) is 0 Å². The largest absolute Gasteiger partial charge is 0.472 e. The van der Waals surface area contributed by atoms with Crippen molar-refractivity contribution in [3.8, 4) is 0 Å². The Morgan fingerprint density at radius 2 is 0.911 bits per heavy atom. The van der Waals surface area contributed by atoms with E-state index in [0.717, 1.165) is 38.5 Å². The summed E-state index contributed by atoms with van der Waals surface area (Å²) < 4.78 is 22.2. The Kier molecular flexibility index (Phi) is 43.2. The summed E-state index contributed by atoms with van der Waals surface area (Å²) >= 11 is 0. The van der Waals surface area contributed by atoms with Gasteiger partial charge in [-0.15, -0.1) is 0 Å². The van der Waals surface area contributed by atoms with Crippen LogP contribution >= 0.6 is 7.82 Å². The number of allylic oxidation sites excluding steroid dienone is 1. The highest BCUT2D eigenvalue weighted by atomic mass is 31.2. The van der Waals surface area contributed by atoms with Crippen LogP contribution in [0.15, 0.2) is 12.2 Å². The molecule has 8 nitrogen and oxygen atoms in total. The maximum atomic E-state index is 12.8. The van der Waals surface area contributed by atoms with Crippen LogP contribution in [0, 0.1) is 0 Å². The molecule has 0 saturated heterocycles. The van der Waals surface area contributed by atoms with E-state index in [1.807, 2.05) is 6.08 Å². The van der Waals surface area contributed by atoms with Crippen LogP contribution < -0.4 is 11.1 Å². The highest BCUT2D eigenvalue weighted by molar-refractivity contribution is 7.47. The summed E-state index contributed by atoms with van der Waals surface area (Å²) in [5.41, 5.74) is 5.39. The number of phosphoric ester groups is 1. The fourth-order valence-corrected chi connectivity index (χ4v) is 8.19. The van der Waals surface area contributed by atoms with Crippen LogP contribution in [-0.2, 0) is 18.4 Å². The van der Waals surface area contributed by atoms with E-state index in [9.17, 15) is 19.4 Å². The van der Waals surface area contributed by atoms with Gasteiger partial charge >= 0.3 is 7.82 Å². The lowest BCUT2D eigenvalue weighted by molar-refractivity contribution is -0.123. The van der Waals surface area contributed by atoms with Crippen LogP contribution in [-0.4, -0.2) is 47.8 Å². The van der Waals surface area contributed by atoms with Crippen LogP contribution in [0.25, 0.3) is 0 Å². The summed E-state index contributed by atoms with van der Waals surface area (Å²) in [5.74, 6) is -0.188. The van der Waals surface area contributed by atoms with Gasteiger partial charge in [-0.2, -0.15) is 0 Å². The Balaban J connectivity index is 4.11. The molecule has 1 amide bonds. The predicted molar refractivity (Wildman–Crippen MR) is 240 cm³/mol. The molecule has 0 radical (unpaired) electrons. The molecule has 0 aliphatic rings. The molecule has 0 aromatic rings. The van der Waals surface area contributed by atoms with Gasteiger partial charge in [0, 0.05) is 13.0 Å². The van der Waals surface area contributed by atoms with Gasteiger partial charge in [-0.3, -0.25) is 13.8 Å². The van der Waals surface area contributed by atoms with Crippen molar-refractivity contribution in [1.82, 2.24) is 5.32 Å². The average molecular weight is 815 g/mol. The molecule has 0 saturated carbocycles. The molecule has 0 aromatic carbocycles. The molecule has 0 aromatic heterocycles. The summed E-state index contributed by atoms with van der Waals surface area (Å²) in [5, 5.41) is 13.7. The van der Waals surface area contributed by atoms with Gasteiger partial charge < -0.3 is 21.1 Å². The van der Waals surface area contributed by atoms with E-state index < -0.39 is 20.0 Å². The number of carbonyl (C=O) groups is 1. The van der Waals surface area contributed by atoms with E-state index in [0.29, 0.717) is 6.42 Å². The van der Waals surface area contributed by atoms with Gasteiger partial charge in [-0.25, -0.2) is 4.57 Å². The van der Waals surface area contributed by atoms with Crippen LogP contribution in [0.3, 0.4) is 0 Å². The van der Waals surface area contributed by atoms with Crippen LogP contribution in [0.4, 0.5) is 0 Å². The molecule has 334 valence electrons. The van der Waals surface area contributed by atoms with E-state index in [-0.39, 0.29) is 25.7 Å². The first-order valence-corrected chi connectivity index (χ1v) is 25.8. The number of phosphoric acid groups is 1.